The van der Waals surface area contributed by atoms with Gasteiger partial charge in [0, 0.05) is 33.7 Å². The topological polar surface area (TPSA) is 380 Å². The van der Waals surface area contributed by atoms with Crippen molar-refractivity contribution in [3.8, 4) is 21.1 Å². The van der Waals surface area contributed by atoms with Crippen molar-refractivity contribution in [1.82, 2.24) is 9.97 Å². The Morgan fingerprint density at radius 2 is 0.860 bits per heavy atom. The van der Waals surface area contributed by atoms with E-state index in [0.717, 1.165) is 34.8 Å². The standard InChI is InChI=1S/2C14H9N3O6S3.H2O4S/c2*1-7-2-4-10-12(13(7)26(21,22)23)24-14(16-10)8-3-5-9(17-15)11(6-8)25(18,19)20;1-5(2,3)4/h2*2-6H,1H3,(H-,18,19,20,21,22,23);(H2,1,2,3,4). The maximum atomic E-state index is 11.7. The van der Waals surface area contributed by atoms with Crippen LogP contribution in [0.1, 0.15) is 11.1 Å². The van der Waals surface area contributed by atoms with Crippen molar-refractivity contribution in [2.75, 3.05) is 0 Å². The van der Waals surface area contributed by atoms with Gasteiger partial charge in [-0.25, -0.2) is 9.97 Å². The van der Waals surface area contributed by atoms with Gasteiger partial charge in [-0.05, 0) is 61.4 Å². The zero-order chi connectivity index (χ0) is 43.1. The lowest BCUT2D eigenvalue weighted by atomic mass is 10.2. The highest BCUT2D eigenvalue weighted by Gasteiger charge is 2.28. The van der Waals surface area contributed by atoms with E-state index < -0.39 is 60.7 Å². The fourth-order valence-corrected chi connectivity index (χ4v) is 10.8. The molecule has 0 saturated heterocycles. The highest BCUT2D eigenvalue weighted by Crippen LogP contribution is 2.39. The number of aryl methyl sites for hydroxylation is 2. The van der Waals surface area contributed by atoms with Crippen molar-refractivity contribution >= 4 is 105 Å². The van der Waals surface area contributed by atoms with E-state index in [9.17, 15) is 51.9 Å². The molecule has 22 nitrogen and oxygen atoms in total. The van der Waals surface area contributed by atoms with Crippen LogP contribution in [0.2, 0.25) is 0 Å². The van der Waals surface area contributed by atoms with Crippen molar-refractivity contribution in [2.24, 2.45) is 0 Å². The van der Waals surface area contributed by atoms with E-state index in [1.54, 1.807) is 12.1 Å². The maximum Gasteiger partial charge on any atom is 0.406 e. The summed E-state index contributed by atoms with van der Waals surface area (Å²) in [5.74, 6) is 0. The van der Waals surface area contributed by atoms with Crippen LogP contribution in [0.4, 0.5) is 11.4 Å². The Kier molecular flexibility index (Phi) is 12.6. The molecule has 2 heterocycles. The number of thiazole rings is 2. The average molecular weight is 921 g/mol. The Morgan fingerprint density at radius 1 is 0.544 bits per heavy atom. The van der Waals surface area contributed by atoms with Crippen LogP contribution in [0.15, 0.2) is 80.2 Å². The van der Waals surface area contributed by atoms with Crippen molar-refractivity contribution in [1.29, 1.82) is 10.8 Å². The third-order valence-electron chi connectivity index (χ3n) is 7.12. The first-order valence-electron chi connectivity index (χ1n) is 14.4. The molecule has 0 atom stereocenters. The minimum atomic E-state index is -5.17. The quantitative estimate of drug-likeness (QED) is 0.0951. The fourth-order valence-electron chi connectivity index (χ4n) is 4.89. The van der Waals surface area contributed by atoms with E-state index in [1.807, 2.05) is 0 Å². The van der Waals surface area contributed by atoms with Crippen LogP contribution in [0, 0.1) is 24.6 Å². The molecule has 0 spiro atoms. The minimum Gasteiger partial charge on any atom is -0.759 e. The highest BCUT2D eigenvalue weighted by atomic mass is 32.3. The van der Waals surface area contributed by atoms with Gasteiger partial charge in [0.15, 0.2) is 19.7 Å². The second kappa shape index (κ2) is 16.1. The molecule has 6 aromatic rings. The number of fused-ring (bicyclic) bond motifs is 2. The lowest BCUT2D eigenvalue weighted by Gasteiger charge is -2.06. The van der Waals surface area contributed by atoms with Crippen molar-refractivity contribution in [3.05, 3.63) is 81.7 Å². The van der Waals surface area contributed by atoms with Crippen LogP contribution < -0.4 is 0 Å². The molecule has 0 radical (unpaired) electrons. The minimum absolute atomic E-state index is 0.215. The summed E-state index contributed by atoms with van der Waals surface area (Å²) in [4.78, 5) is 12.3. The summed E-state index contributed by atoms with van der Waals surface area (Å²) in [5, 5.41) is 18.2. The van der Waals surface area contributed by atoms with Crippen LogP contribution in [0.25, 0.3) is 51.5 Å². The molecule has 0 amide bonds. The van der Waals surface area contributed by atoms with E-state index in [-0.39, 0.29) is 51.7 Å². The molecular formula is C28H20N6O16S7. The lowest BCUT2D eigenvalue weighted by Crippen LogP contribution is -2.00. The zero-order valence-electron chi connectivity index (χ0n) is 28.0. The molecule has 4 aromatic carbocycles. The Balaban J connectivity index is 0.000000226. The van der Waals surface area contributed by atoms with Gasteiger partial charge in [0.25, 0.3) is 20.2 Å². The van der Waals surface area contributed by atoms with Gasteiger partial charge in [-0.3, -0.25) is 26.6 Å². The van der Waals surface area contributed by atoms with Crippen molar-refractivity contribution in [3.63, 3.8) is 0 Å². The highest BCUT2D eigenvalue weighted by molar-refractivity contribution is 7.87. The summed E-state index contributed by atoms with van der Waals surface area (Å²) in [6, 6.07) is 13.4. The monoisotopic (exact) mass is 920 g/mol. The molecule has 0 aliphatic rings. The predicted octanol–water partition coefficient (Wildman–Crippen LogP) is 5.16. The van der Waals surface area contributed by atoms with Crippen LogP contribution in [0.3, 0.4) is 0 Å². The van der Waals surface area contributed by atoms with E-state index in [4.69, 9.17) is 28.3 Å². The molecule has 0 unspecified atom stereocenters. The second-order valence-corrected chi connectivity index (χ2v) is 19.3. The van der Waals surface area contributed by atoms with E-state index >= 15 is 0 Å². The average Bonchev–Trinajstić information content (AvgIpc) is 3.70. The summed E-state index contributed by atoms with van der Waals surface area (Å²) in [7, 11) is -23.4. The summed E-state index contributed by atoms with van der Waals surface area (Å²) in [5.41, 5.74) is 1.07. The normalized spacial score (nSPS) is 12.2. The van der Waals surface area contributed by atoms with Gasteiger partial charge >= 0.3 is 31.6 Å². The zero-order valence-corrected chi connectivity index (χ0v) is 33.7. The molecule has 0 aliphatic heterocycles. The van der Waals surface area contributed by atoms with Crippen molar-refractivity contribution < 1.29 is 69.4 Å². The van der Waals surface area contributed by atoms with Crippen LogP contribution in [0.5, 0.6) is 0 Å². The molecule has 0 saturated carbocycles. The van der Waals surface area contributed by atoms with E-state index in [2.05, 4.69) is 19.9 Å². The number of rotatable bonds is 6. The summed E-state index contributed by atoms with van der Waals surface area (Å²) < 4.78 is 164. The van der Waals surface area contributed by atoms with Crippen LogP contribution in [-0.4, -0.2) is 79.4 Å². The lowest BCUT2D eigenvalue weighted by molar-refractivity contribution is 0.352. The SMILES string of the molecule is Cc1ccc2nc(-c3ccc([N+]#N)c(S(=O)(=O)O)c3)sc2c1S(=O)(=O)O.Cc1ccc2nc(-c3ccc([N+]#N)c(S(=O)(=O)O)c3)sc2c1S(=O)(=O)O.O=S(=O)([O-])[O-]. The smallest absolute Gasteiger partial charge is 0.406 e. The number of hydrogen-bond donors (Lipinski definition) is 4. The molecule has 0 fully saturated rings. The van der Waals surface area contributed by atoms with Crippen molar-refractivity contribution in [2.45, 2.75) is 33.4 Å². The Morgan fingerprint density at radius 3 is 1.12 bits per heavy atom. The van der Waals surface area contributed by atoms with Gasteiger partial charge in [-0.1, -0.05) is 12.1 Å². The maximum absolute atomic E-state index is 11.7. The molecule has 2 aromatic heterocycles. The van der Waals surface area contributed by atoms with Crippen LogP contribution >= 0.6 is 22.7 Å². The van der Waals surface area contributed by atoms with E-state index in [0.29, 0.717) is 22.2 Å². The number of diazo groups is 2. The molecule has 0 aliphatic carbocycles. The third kappa shape index (κ3) is 10.7. The van der Waals surface area contributed by atoms with Crippen LogP contribution in [-0.2, 0) is 50.9 Å². The first-order valence-corrected chi connectivity index (χ1v) is 23.1. The second-order valence-electron chi connectivity index (χ2n) is 11.0. The largest absolute Gasteiger partial charge is 0.759 e. The molecule has 0 bridgehead atoms. The van der Waals surface area contributed by atoms with Gasteiger partial charge < -0.3 is 9.11 Å². The Bertz CT molecular complexity index is 3070. The third-order valence-corrected chi connectivity index (χ3v) is 13.5. The van der Waals surface area contributed by atoms with Gasteiger partial charge in [0.1, 0.15) is 19.8 Å². The molecule has 300 valence electrons. The molecular weight excluding hydrogens is 901 g/mol. The first-order chi connectivity index (χ1) is 26.0. The molecule has 6 rings (SSSR count). The van der Waals surface area contributed by atoms with Gasteiger partial charge in [-0.15, -0.1) is 22.7 Å². The summed E-state index contributed by atoms with van der Waals surface area (Å²) in [6.07, 6.45) is 0. The number of benzene rings is 4. The number of hydrogen-bond acceptors (Lipinski definition) is 18. The fraction of sp³-hybridized carbons (Fsp3) is 0.0714. The molecule has 57 heavy (non-hydrogen) atoms. The predicted molar refractivity (Wildman–Crippen MR) is 199 cm³/mol. The first kappa shape index (κ1) is 44.7. The Labute approximate surface area is 329 Å². The van der Waals surface area contributed by atoms with Gasteiger partial charge in [0.05, 0.1) is 20.4 Å². The summed E-state index contributed by atoms with van der Waals surface area (Å²) >= 11 is 1.86. The molecule has 29 heteroatoms. The van der Waals surface area contributed by atoms with Gasteiger partial charge in [0.2, 0.25) is 10.8 Å². The van der Waals surface area contributed by atoms with Gasteiger partial charge in [-0.2, -0.15) is 33.7 Å². The summed E-state index contributed by atoms with van der Waals surface area (Å²) in [6.45, 7) is 3.05. The Hall–Kier alpha value is -4.99. The molecule has 4 N–H and O–H groups in total. The number of nitrogens with zero attached hydrogens (tertiary/aromatic N) is 6. The van der Waals surface area contributed by atoms with E-state index in [1.165, 1.54) is 50.2 Å². The number of aromatic nitrogens is 2.